The molecule has 67 heavy (non-hydrogen) atoms. The number of imidazole rings is 1. The first kappa shape index (κ1) is 40.0. The number of phenols is 1. The van der Waals surface area contributed by atoms with Crippen molar-refractivity contribution in [2.45, 2.75) is 19.7 Å². The summed E-state index contributed by atoms with van der Waals surface area (Å²) >= 11 is 0. The summed E-state index contributed by atoms with van der Waals surface area (Å²) in [5.74, 6) is -0.180. The van der Waals surface area contributed by atoms with Gasteiger partial charge in [0, 0.05) is 24.3 Å². The van der Waals surface area contributed by atoms with E-state index < -0.39 is 5.89 Å². The molecular weight excluding hydrogens is 815 g/mol. The Bertz CT molecular complexity index is 3580. The largest absolute Gasteiger partial charge is 0.507 e. The Hall–Kier alpha value is -8.60. The predicted molar refractivity (Wildman–Crippen MR) is 278 cm³/mol. The van der Waals surface area contributed by atoms with Gasteiger partial charge in [0.05, 0.1) is 28.0 Å². The minimum absolute atomic E-state index is 0.132. The van der Waals surface area contributed by atoms with Gasteiger partial charge in [0.15, 0.2) is 0 Å². The second kappa shape index (κ2) is 17.8. The van der Waals surface area contributed by atoms with Crippen LogP contribution in [-0.4, -0.2) is 19.6 Å². The number of hydrogen-bond donors (Lipinski definition) is 1. The fourth-order valence-electron chi connectivity index (χ4n) is 9.29. The summed E-state index contributed by atoms with van der Waals surface area (Å²) < 4.78 is 11.6. The number of nitrogens with zero attached hydrogens (tertiary/aromatic N) is 3. The summed E-state index contributed by atoms with van der Waals surface area (Å²) in [5.41, 5.74) is 18.5. The quantitative estimate of drug-likeness (QED) is 0.149. The van der Waals surface area contributed by atoms with E-state index in [1.54, 1.807) is 6.07 Å². The van der Waals surface area contributed by atoms with Crippen LogP contribution in [-0.2, 0) is 0 Å². The zero-order valence-corrected chi connectivity index (χ0v) is 37.3. The molecule has 0 saturated heterocycles. The fourth-order valence-corrected chi connectivity index (χ4v) is 9.29. The van der Waals surface area contributed by atoms with Crippen LogP contribution in [0.1, 0.15) is 26.7 Å². The van der Waals surface area contributed by atoms with Crippen LogP contribution < -0.4 is 0 Å². The van der Waals surface area contributed by atoms with Gasteiger partial charge in [0.1, 0.15) is 11.6 Å². The normalized spacial score (nSPS) is 11.7. The maximum atomic E-state index is 11.6. The van der Waals surface area contributed by atoms with Crippen molar-refractivity contribution in [3.05, 3.63) is 242 Å². The molecule has 0 unspecified atom stereocenters. The maximum absolute atomic E-state index is 11.6. The van der Waals surface area contributed by atoms with Crippen LogP contribution >= 0.6 is 0 Å². The first-order chi connectivity index (χ1) is 33.3. The van der Waals surface area contributed by atoms with Gasteiger partial charge in [-0.2, -0.15) is 0 Å². The molecule has 1 N–H and O–H groups in total. The number of hydrogen-bond acceptors (Lipinski definition) is 3. The van der Waals surface area contributed by atoms with Crippen molar-refractivity contribution < 1.29 is 6.48 Å². The van der Waals surface area contributed by atoms with Crippen LogP contribution in [0, 0.1) is 0 Å². The summed E-state index contributed by atoms with van der Waals surface area (Å²) in [5, 5.41) is 11.6. The molecule has 0 radical (unpaired) electrons. The molecule has 0 atom stereocenters. The Morgan fingerprint density at radius 3 is 1.58 bits per heavy atom. The van der Waals surface area contributed by atoms with Crippen LogP contribution in [0.3, 0.4) is 0 Å². The van der Waals surface area contributed by atoms with Crippen molar-refractivity contribution in [1.82, 2.24) is 14.5 Å². The van der Waals surface area contributed by atoms with Crippen molar-refractivity contribution in [3.8, 4) is 101 Å². The third-order valence-corrected chi connectivity index (χ3v) is 12.6. The van der Waals surface area contributed by atoms with Gasteiger partial charge in [-0.05, 0) is 128 Å². The van der Waals surface area contributed by atoms with Crippen molar-refractivity contribution in [3.63, 3.8) is 0 Å². The minimum Gasteiger partial charge on any atom is -0.507 e. The van der Waals surface area contributed by atoms with Gasteiger partial charge in [-0.15, -0.1) is 0 Å². The van der Waals surface area contributed by atoms with E-state index in [-0.39, 0.29) is 5.75 Å². The van der Waals surface area contributed by atoms with E-state index in [2.05, 4.69) is 162 Å². The highest BCUT2D eigenvalue weighted by Gasteiger charge is 2.24. The minimum atomic E-state index is -0.916. The average molecular weight is 863 g/mol. The molecule has 9 aromatic carbocycles. The Morgan fingerprint density at radius 2 is 0.940 bits per heavy atom. The summed E-state index contributed by atoms with van der Waals surface area (Å²) in [4.78, 5) is 10.5. The lowest BCUT2D eigenvalue weighted by Gasteiger charge is -2.22. The zero-order chi connectivity index (χ0) is 46.2. The van der Waals surface area contributed by atoms with Crippen LogP contribution in [0.2, 0.25) is 0 Å². The molecule has 4 nitrogen and oxygen atoms in total. The van der Waals surface area contributed by atoms with E-state index in [0.717, 1.165) is 89.2 Å². The van der Waals surface area contributed by atoms with Crippen molar-refractivity contribution >= 4 is 11.0 Å². The highest BCUT2D eigenvalue weighted by atomic mass is 16.3. The molecule has 0 bridgehead atoms. The topological polar surface area (TPSA) is 50.9 Å². The second-order valence-electron chi connectivity index (χ2n) is 17.1. The lowest BCUT2D eigenvalue weighted by molar-refractivity contribution is 0.477. The second-order valence-corrected chi connectivity index (χ2v) is 17.1. The van der Waals surface area contributed by atoms with Crippen LogP contribution in [0.15, 0.2) is 237 Å². The maximum Gasteiger partial charge on any atom is 0.149 e. The van der Waals surface area contributed by atoms with Gasteiger partial charge < -0.3 is 5.11 Å². The number of benzene rings is 9. The van der Waals surface area contributed by atoms with E-state index in [0.29, 0.717) is 11.4 Å². The number of rotatable bonds is 10. The van der Waals surface area contributed by atoms with Gasteiger partial charge in [-0.1, -0.05) is 184 Å². The Morgan fingerprint density at radius 1 is 0.418 bits per heavy atom. The lowest BCUT2D eigenvalue weighted by atomic mass is 9.88. The van der Waals surface area contributed by atoms with E-state index >= 15 is 0 Å². The third kappa shape index (κ3) is 8.00. The van der Waals surface area contributed by atoms with Crippen molar-refractivity contribution in [1.29, 1.82) is 0 Å². The molecule has 4 heteroatoms. The zero-order valence-electron chi connectivity index (χ0n) is 38.3. The van der Waals surface area contributed by atoms with Crippen molar-refractivity contribution in [2.24, 2.45) is 0 Å². The first-order valence-corrected chi connectivity index (χ1v) is 22.7. The number of phenolic OH excluding ortho intramolecular Hbond substituents is 1. The molecule has 0 saturated carbocycles. The van der Waals surface area contributed by atoms with Gasteiger partial charge in [-0.25, -0.2) is 4.98 Å². The highest BCUT2D eigenvalue weighted by molar-refractivity contribution is 5.99. The molecule has 11 rings (SSSR count). The Kier molecular flexibility index (Phi) is 10.6. The van der Waals surface area contributed by atoms with E-state index in [1.165, 1.54) is 11.1 Å². The van der Waals surface area contributed by atoms with Gasteiger partial charge in [-0.3, -0.25) is 9.55 Å². The Balaban J connectivity index is 1.14. The molecule has 11 aromatic rings. The predicted octanol–water partition coefficient (Wildman–Crippen LogP) is 16.6. The number of aromatic nitrogens is 3. The summed E-state index contributed by atoms with van der Waals surface area (Å²) in [7, 11) is 0. The van der Waals surface area contributed by atoms with Crippen molar-refractivity contribution in [2.75, 3.05) is 0 Å². The molecular formula is C63H47N3O. The van der Waals surface area contributed by atoms with E-state index in [1.807, 2.05) is 86.8 Å². The smallest absolute Gasteiger partial charge is 0.149 e. The standard InChI is InChI=1S/C63H47N3O/c1-42(2)55-40-57(48-24-13-6-14-25-48)60(41-56(55)47-22-11-5-12-23-47)66-59-28-17-27-53(62(59)65-63(66)54-26-15-16-29-61(54)67)51-36-50(44-20-9-4-10-21-44)37-52(38-51)58-39-49(34-35-64-58)46-32-30-45(31-33-46)43-18-7-3-8-19-43/h3-42,67H,1-2H3/i42D. The first-order valence-electron chi connectivity index (χ1n) is 23.2. The number of pyridine rings is 1. The molecule has 2 heterocycles. The third-order valence-electron chi connectivity index (χ3n) is 12.6. The molecule has 0 fully saturated rings. The summed E-state index contributed by atoms with van der Waals surface area (Å²) in [6, 6.07) is 79.4. The average Bonchev–Trinajstić information content (AvgIpc) is 3.78. The molecule has 320 valence electrons. The van der Waals surface area contributed by atoms with Gasteiger partial charge in [0.25, 0.3) is 0 Å². The van der Waals surface area contributed by atoms with Gasteiger partial charge >= 0.3 is 0 Å². The number of fused-ring (bicyclic) bond motifs is 1. The summed E-state index contributed by atoms with van der Waals surface area (Å²) in [6.45, 7) is 3.89. The molecule has 0 aliphatic rings. The molecule has 0 aliphatic carbocycles. The lowest BCUT2D eigenvalue weighted by Crippen LogP contribution is -2.04. The monoisotopic (exact) mass is 862 g/mol. The SMILES string of the molecule is [2H]C(C)(C)c1cc(-c2ccccc2)c(-n2c(-c3ccccc3O)nc3c(-c4cc(-c5ccccc5)cc(-c5cc(-c6ccc(-c7ccccc7)cc6)ccn5)c4)cccc32)cc1-c1ccccc1. The van der Waals surface area contributed by atoms with Crippen LogP contribution in [0.5, 0.6) is 5.75 Å². The molecule has 0 amide bonds. The van der Waals surface area contributed by atoms with E-state index in [9.17, 15) is 6.48 Å². The molecule has 2 aromatic heterocycles. The van der Waals surface area contributed by atoms with E-state index in [4.69, 9.17) is 9.97 Å². The van der Waals surface area contributed by atoms with Crippen LogP contribution in [0.25, 0.3) is 106 Å². The molecule has 0 aliphatic heterocycles. The summed E-state index contributed by atoms with van der Waals surface area (Å²) in [6.07, 6.45) is 1.90. The van der Waals surface area contributed by atoms with Crippen LogP contribution in [0.4, 0.5) is 0 Å². The molecule has 0 spiro atoms. The van der Waals surface area contributed by atoms with Gasteiger partial charge in [0.2, 0.25) is 0 Å². The fraction of sp³-hybridized carbons (Fsp3) is 0.0476. The highest BCUT2D eigenvalue weighted by Crippen LogP contribution is 2.44. The number of para-hydroxylation sites is 2. The number of aromatic hydroxyl groups is 1. The Labute approximate surface area is 393 Å².